The minimum atomic E-state index is -3.13. The van der Waals surface area contributed by atoms with Gasteiger partial charge in [0.25, 0.3) is 0 Å². The van der Waals surface area contributed by atoms with Crippen LogP contribution < -0.4 is 0 Å². The molecule has 3 amide bonds. The van der Waals surface area contributed by atoms with Gasteiger partial charge in [-0.05, 0) is 6.42 Å². The highest BCUT2D eigenvalue weighted by atomic mass is 32.2. The molecule has 0 aromatic carbocycles. The van der Waals surface area contributed by atoms with Gasteiger partial charge in [0.05, 0.1) is 30.2 Å². The van der Waals surface area contributed by atoms with Crippen molar-refractivity contribution >= 4 is 21.8 Å². The summed E-state index contributed by atoms with van der Waals surface area (Å²) < 4.78 is 28.4. The van der Waals surface area contributed by atoms with E-state index in [0.29, 0.717) is 19.6 Å². The van der Waals surface area contributed by atoms with E-state index in [4.69, 9.17) is 4.74 Å². The first-order valence-electron chi connectivity index (χ1n) is 6.39. The molecule has 19 heavy (non-hydrogen) atoms. The number of ether oxygens (including phenoxy) is 1. The van der Waals surface area contributed by atoms with Crippen molar-refractivity contribution in [1.29, 1.82) is 0 Å². The SMILES string of the molecule is O=C1CC2CS(=O)(=O)CCN2C(=O)N1C1CCOC1. The number of hydrogen-bond donors (Lipinski definition) is 0. The van der Waals surface area contributed by atoms with Crippen LogP contribution >= 0.6 is 0 Å². The first-order chi connectivity index (χ1) is 8.98. The minimum absolute atomic E-state index is 0.0154. The predicted octanol–water partition coefficient (Wildman–Crippen LogP) is -0.773. The zero-order valence-corrected chi connectivity index (χ0v) is 11.3. The maximum absolute atomic E-state index is 12.3. The van der Waals surface area contributed by atoms with E-state index in [1.165, 1.54) is 9.80 Å². The van der Waals surface area contributed by atoms with Crippen molar-refractivity contribution in [3.63, 3.8) is 0 Å². The van der Waals surface area contributed by atoms with Gasteiger partial charge in [-0.15, -0.1) is 0 Å². The smallest absolute Gasteiger partial charge is 0.327 e. The Kier molecular flexibility index (Phi) is 3.01. The highest BCUT2D eigenvalue weighted by Gasteiger charge is 2.46. The van der Waals surface area contributed by atoms with Gasteiger partial charge in [-0.25, -0.2) is 13.2 Å². The molecule has 0 aliphatic carbocycles. The number of amides is 3. The third-order valence-electron chi connectivity index (χ3n) is 3.93. The summed E-state index contributed by atoms with van der Waals surface area (Å²) in [5.41, 5.74) is 0. The predicted molar refractivity (Wildman–Crippen MR) is 65.2 cm³/mol. The lowest BCUT2D eigenvalue weighted by Gasteiger charge is -2.43. The summed E-state index contributed by atoms with van der Waals surface area (Å²) in [4.78, 5) is 27.2. The van der Waals surface area contributed by atoms with Crippen LogP contribution in [0.5, 0.6) is 0 Å². The molecule has 0 aromatic heterocycles. The van der Waals surface area contributed by atoms with Gasteiger partial charge in [0, 0.05) is 19.6 Å². The van der Waals surface area contributed by atoms with Gasteiger partial charge < -0.3 is 9.64 Å². The number of hydrogen-bond acceptors (Lipinski definition) is 5. The lowest BCUT2D eigenvalue weighted by Crippen LogP contribution is -2.64. The fourth-order valence-electron chi connectivity index (χ4n) is 2.94. The molecule has 3 rings (SSSR count). The molecule has 0 saturated carbocycles. The van der Waals surface area contributed by atoms with E-state index in [0.717, 1.165) is 0 Å². The second kappa shape index (κ2) is 4.45. The van der Waals surface area contributed by atoms with E-state index in [2.05, 4.69) is 0 Å². The second-order valence-electron chi connectivity index (χ2n) is 5.23. The molecule has 0 aromatic rings. The fraction of sp³-hybridized carbons (Fsp3) is 0.818. The van der Waals surface area contributed by atoms with E-state index in [1.807, 2.05) is 0 Å². The molecule has 106 valence electrons. The van der Waals surface area contributed by atoms with Crippen LogP contribution in [0.3, 0.4) is 0 Å². The summed E-state index contributed by atoms with van der Waals surface area (Å²) >= 11 is 0. The van der Waals surface area contributed by atoms with Crippen LogP contribution in [0.15, 0.2) is 0 Å². The van der Waals surface area contributed by atoms with E-state index >= 15 is 0 Å². The van der Waals surface area contributed by atoms with Gasteiger partial charge in [0.2, 0.25) is 5.91 Å². The monoisotopic (exact) mass is 288 g/mol. The number of imide groups is 1. The fourth-order valence-corrected chi connectivity index (χ4v) is 4.46. The molecule has 0 N–H and O–H groups in total. The molecular weight excluding hydrogens is 272 g/mol. The average molecular weight is 288 g/mol. The number of carbonyl (C=O) groups is 2. The van der Waals surface area contributed by atoms with Crippen LogP contribution in [0.2, 0.25) is 0 Å². The minimum Gasteiger partial charge on any atom is -0.379 e. The summed E-state index contributed by atoms with van der Waals surface area (Å²) in [5, 5.41) is 0. The molecule has 3 aliphatic heterocycles. The van der Waals surface area contributed by atoms with Gasteiger partial charge in [-0.1, -0.05) is 0 Å². The highest BCUT2D eigenvalue weighted by molar-refractivity contribution is 7.91. The number of fused-ring (bicyclic) bond motifs is 1. The molecule has 2 unspecified atom stereocenters. The first kappa shape index (κ1) is 12.9. The summed E-state index contributed by atoms with van der Waals surface area (Å²) in [5.74, 6) is -0.392. The number of rotatable bonds is 1. The molecule has 3 aliphatic rings. The Hall–Kier alpha value is -1.15. The van der Waals surface area contributed by atoms with Crippen molar-refractivity contribution < 1.29 is 22.7 Å². The van der Waals surface area contributed by atoms with Crippen LogP contribution in [0, 0.1) is 0 Å². The van der Waals surface area contributed by atoms with E-state index in [-0.39, 0.29) is 42.5 Å². The van der Waals surface area contributed by atoms with Crippen molar-refractivity contribution in [3.05, 3.63) is 0 Å². The van der Waals surface area contributed by atoms with Gasteiger partial charge >= 0.3 is 6.03 Å². The summed E-state index contributed by atoms with van der Waals surface area (Å²) in [7, 11) is -3.13. The molecule has 0 bridgehead atoms. The largest absolute Gasteiger partial charge is 0.379 e. The van der Waals surface area contributed by atoms with E-state index in [9.17, 15) is 18.0 Å². The molecular formula is C11H16N2O5S. The lowest BCUT2D eigenvalue weighted by molar-refractivity contribution is -0.134. The van der Waals surface area contributed by atoms with Gasteiger partial charge in [0.15, 0.2) is 9.84 Å². The standard InChI is InChI=1S/C11H16N2O5S/c14-10-5-9-7-19(16,17)4-2-12(9)11(15)13(10)8-1-3-18-6-8/h8-9H,1-7H2. The van der Waals surface area contributed by atoms with Crippen LogP contribution in [0.4, 0.5) is 4.79 Å². The average Bonchev–Trinajstić information content (AvgIpc) is 2.80. The summed E-state index contributed by atoms with van der Waals surface area (Å²) in [6.45, 7) is 1.12. The van der Waals surface area contributed by atoms with Gasteiger partial charge in [0.1, 0.15) is 0 Å². The Morgan fingerprint density at radius 2 is 2.00 bits per heavy atom. The van der Waals surface area contributed by atoms with Gasteiger partial charge in [-0.2, -0.15) is 0 Å². The number of nitrogens with zero attached hydrogens (tertiary/aromatic N) is 2. The third-order valence-corrected chi connectivity index (χ3v) is 5.63. The van der Waals surface area contributed by atoms with Crippen molar-refractivity contribution in [2.45, 2.75) is 24.9 Å². The van der Waals surface area contributed by atoms with Crippen molar-refractivity contribution in [3.8, 4) is 0 Å². The topological polar surface area (TPSA) is 84.0 Å². The molecule has 3 fully saturated rings. The lowest BCUT2D eigenvalue weighted by atomic mass is 10.1. The Morgan fingerprint density at radius 1 is 1.21 bits per heavy atom. The Labute approximate surface area is 111 Å². The quantitative estimate of drug-likeness (QED) is 0.632. The maximum atomic E-state index is 12.3. The Balaban J connectivity index is 1.82. The number of urea groups is 1. The third kappa shape index (κ3) is 2.23. The summed E-state index contributed by atoms with van der Waals surface area (Å²) in [6.07, 6.45) is 0.760. The molecule has 0 radical (unpaired) electrons. The Bertz CT molecular complexity index is 511. The first-order valence-corrected chi connectivity index (χ1v) is 8.21. The van der Waals surface area contributed by atoms with E-state index < -0.39 is 15.9 Å². The highest BCUT2D eigenvalue weighted by Crippen LogP contribution is 2.26. The zero-order chi connectivity index (χ0) is 13.6. The van der Waals surface area contributed by atoms with Crippen LogP contribution in [0.25, 0.3) is 0 Å². The second-order valence-corrected chi connectivity index (χ2v) is 7.46. The van der Waals surface area contributed by atoms with Crippen molar-refractivity contribution in [1.82, 2.24) is 9.80 Å². The van der Waals surface area contributed by atoms with Crippen LogP contribution in [0.1, 0.15) is 12.8 Å². The van der Waals surface area contributed by atoms with Crippen LogP contribution in [-0.4, -0.2) is 73.5 Å². The van der Waals surface area contributed by atoms with Gasteiger partial charge in [-0.3, -0.25) is 9.69 Å². The van der Waals surface area contributed by atoms with Crippen LogP contribution in [-0.2, 0) is 19.4 Å². The molecule has 7 nitrogen and oxygen atoms in total. The normalized spacial score (nSPS) is 34.5. The molecule has 0 spiro atoms. The molecule has 3 heterocycles. The Morgan fingerprint density at radius 3 is 2.68 bits per heavy atom. The molecule has 2 atom stereocenters. The zero-order valence-electron chi connectivity index (χ0n) is 10.4. The maximum Gasteiger partial charge on any atom is 0.327 e. The van der Waals surface area contributed by atoms with Crippen molar-refractivity contribution in [2.75, 3.05) is 31.3 Å². The summed E-state index contributed by atoms with van der Waals surface area (Å²) in [6, 6.07) is -1.04. The van der Waals surface area contributed by atoms with Crippen molar-refractivity contribution in [2.24, 2.45) is 0 Å². The molecule has 3 saturated heterocycles. The van der Waals surface area contributed by atoms with E-state index in [1.54, 1.807) is 0 Å². The number of carbonyl (C=O) groups excluding carboxylic acids is 2. The number of sulfone groups is 1. The molecule has 8 heteroatoms.